The molecule has 1 aromatic rings. The van der Waals surface area contributed by atoms with Crippen LogP contribution in [0.15, 0.2) is 29.2 Å². The van der Waals surface area contributed by atoms with Crippen LogP contribution in [0.4, 0.5) is 0 Å². The van der Waals surface area contributed by atoms with Gasteiger partial charge >= 0.3 is 5.97 Å². The predicted molar refractivity (Wildman–Crippen MR) is 82.2 cm³/mol. The molecule has 0 aliphatic carbocycles. The minimum Gasteiger partial charge on any atom is -0.480 e. The van der Waals surface area contributed by atoms with Crippen LogP contribution in [0.2, 0.25) is 0 Å². The molecule has 0 aromatic heterocycles. The molecule has 2 rings (SSSR count). The lowest BCUT2D eigenvalue weighted by Gasteiger charge is -2.21. The van der Waals surface area contributed by atoms with E-state index in [1.165, 1.54) is 10.5 Å². The van der Waals surface area contributed by atoms with Gasteiger partial charge in [-0.05, 0) is 36.9 Å². The molecule has 0 saturated carbocycles. The second-order valence-electron chi connectivity index (χ2n) is 5.15. The number of rotatable bonds is 5. The Morgan fingerprint density at radius 3 is 2.45 bits per heavy atom. The Morgan fingerprint density at radius 1 is 1.15 bits per heavy atom. The third-order valence-electron chi connectivity index (χ3n) is 3.61. The number of hydrogen-bond acceptors (Lipinski definition) is 4. The summed E-state index contributed by atoms with van der Waals surface area (Å²) in [5.74, 6) is -0.730. The lowest BCUT2D eigenvalue weighted by Crippen LogP contribution is -2.34. The lowest BCUT2D eigenvalue weighted by molar-refractivity contribution is -0.138. The van der Waals surface area contributed by atoms with Gasteiger partial charge in [0.1, 0.15) is 0 Å². The molecule has 1 saturated heterocycles. The van der Waals surface area contributed by atoms with Crippen LogP contribution in [0.5, 0.6) is 0 Å². The monoisotopic (exact) mass is 294 g/mol. The summed E-state index contributed by atoms with van der Waals surface area (Å²) < 4.78 is 0. The van der Waals surface area contributed by atoms with Gasteiger partial charge in [-0.3, -0.25) is 14.6 Å². The Labute approximate surface area is 124 Å². The second-order valence-corrected chi connectivity index (χ2v) is 6.03. The highest BCUT2D eigenvalue weighted by molar-refractivity contribution is 7.98. The van der Waals surface area contributed by atoms with Crippen LogP contribution in [0.3, 0.4) is 0 Å². The van der Waals surface area contributed by atoms with Gasteiger partial charge in [0.25, 0.3) is 0 Å². The molecule has 0 bridgehead atoms. The van der Waals surface area contributed by atoms with E-state index >= 15 is 0 Å². The maximum absolute atomic E-state index is 10.8. The van der Waals surface area contributed by atoms with Gasteiger partial charge in [0.2, 0.25) is 0 Å². The molecule has 1 N–H and O–H groups in total. The Hall–Kier alpha value is -1.04. The number of hydrogen-bond donors (Lipinski definition) is 1. The largest absolute Gasteiger partial charge is 0.480 e. The lowest BCUT2D eigenvalue weighted by atomic mass is 10.2. The summed E-state index contributed by atoms with van der Waals surface area (Å²) in [6, 6.07) is 8.70. The van der Waals surface area contributed by atoms with Gasteiger partial charge in [-0.2, -0.15) is 0 Å². The molecular formula is C15H22N2O2S. The first-order valence-electron chi connectivity index (χ1n) is 6.97. The van der Waals surface area contributed by atoms with Crippen LogP contribution in [0.1, 0.15) is 12.0 Å². The fourth-order valence-electron chi connectivity index (χ4n) is 2.52. The molecule has 0 unspecified atom stereocenters. The first-order chi connectivity index (χ1) is 9.67. The number of carboxylic acids is 1. The van der Waals surface area contributed by atoms with Gasteiger partial charge in [-0.25, -0.2) is 0 Å². The van der Waals surface area contributed by atoms with Crippen LogP contribution in [-0.4, -0.2) is 59.9 Å². The van der Waals surface area contributed by atoms with Crippen molar-refractivity contribution in [2.24, 2.45) is 0 Å². The number of aliphatic carboxylic acids is 1. The Bertz CT molecular complexity index is 436. The summed E-state index contributed by atoms with van der Waals surface area (Å²) in [4.78, 5) is 16.5. The van der Waals surface area contributed by atoms with E-state index in [9.17, 15) is 4.79 Å². The number of carboxylic acid groups (broad SMARTS) is 1. The van der Waals surface area contributed by atoms with Crippen LogP contribution in [0.25, 0.3) is 0 Å². The van der Waals surface area contributed by atoms with Gasteiger partial charge in [0.15, 0.2) is 0 Å². The maximum Gasteiger partial charge on any atom is 0.317 e. The number of benzene rings is 1. The smallest absolute Gasteiger partial charge is 0.317 e. The highest BCUT2D eigenvalue weighted by Gasteiger charge is 2.16. The van der Waals surface area contributed by atoms with Crippen molar-refractivity contribution in [2.75, 3.05) is 39.0 Å². The van der Waals surface area contributed by atoms with E-state index in [-0.39, 0.29) is 6.54 Å². The van der Waals surface area contributed by atoms with Crippen molar-refractivity contribution >= 4 is 17.7 Å². The van der Waals surface area contributed by atoms with Crippen molar-refractivity contribution < 1.29 is 9.90 Å². The summed E-state index contributed by atoms with van der Waals surface area (Å²) in [5.41, 5.74) is 1.33. The maximum atomic E-state index is 10.8. The van der Waals surface area contributed by atoms with Crippen molar-refractivity contribution in [2.45, 2.75) is 17.9 Å². The molecule has 0 radical (unpaired) electrons. The summed E-state index contributed by atoms with van der Waals surface area (Å²) in [7, 11) is 0. The molecule has 1 aromatic carbocycles. The molecule has 1 aliphatic heterocycles. The fourth-order valence-corrected chi connectivity index (χ4v) is 2.93. The third kappa shape index (κ3) is 4.81. The quantitative estimate of drug-likeness (QED) is 0.842. The van der Waals surface area contributed by atoms with E-state index in [2.05, 4.69) is 35.4 Å². The molecule has 1 fully saturated rings. The summed E-state index contributed by atoms with van der Waals surface area (Å²) >= 11 is 1.76. The molecule has 0 amide bonds. The third-order valence-corrected chi connectivity index (χ3v) is 4.35. The SMILES string of the molecule is CSc1ccc(CN2CCCN(CC(=O)O)CC2)cc1. The molecule has 110 valence electrons. The molecule has 20 heavy (non-hydrogen) atoms. The van der Waals surface area contributed by atoms with Crippen molar-refractivity contribution in [3.8, 4) is 0 Å². The fraction of sp³-hybridized carbons (Fsp3) is 0.533. The second kappa shape index (κ2) is 7.67. The first-order valence-corrected chi connectivity index (χ1v) is 8.19. The van der Waals surface area contributed by atoms with Crippen molar-refractivity contribution in [1.82, 2.24) is 9.80 Å². The predicted octanol–water partition coefficient (Wildman–Crippen LogP) is 2.00. The number of carbonyl (C=O) groups is 1. The normalized spacial score (nSPS) is 17.9. The Morgan fingerprint density at radius 2 is 1.80 bits per heavy atom. The molecular weight excluding hydrogens is 272 g/mol. The number of thioether (sulfide) groups is 1. The van der Waals surface area contributed by atoms with Gasteiger partial charge < -0.3 is 5.11 Å². The van der Waals surface area contributed by atoms with Gasteiger partial charge in [0, 0.05) is 31.1 Å². The molecule has 1 aliphatic rings. The van der Waals surface area contributed by atoms with Crippen LogP contribution in [0, 0.1) is 0 Å². The van der Waals surface area contributed by atoms with E-state index in [1.54, 1.807) is 11.8 Å². The van der Waals surface area contributed by atoms with E-state index < -0.39 is 5.97 Å². The van der Waals surface area contributed by atoms with Crippen LogP contribution >= 0.6 is 11.8 Å². The average Bonchev–Trinajstić information content (AvgIpc) is 2.65. The number of nitrogens with zero attached hydrogens (tertiary/aromatic N) is 2. The highest BCUT2D eigenvalue weighted by atomic mass is 32.2. The van der Waals surface area contributed by atoms with Gasteiger partial charge in [0.05, 0.1) is 6.54 Å². The van der Waals surface area contributed by atoms with Gasteiger partial charge in [-0.15, -0.1) is 11.8 Å². The van der Waals surface area contributed by atoms with Crippen LogP contribution in [-0.2, 0) is 11.3 Å². The first kappa shape index (κ1) is 15.4. The average molecular weight is 294 g/mol. The van der Waals surface area contributed by atoms with E-state index in [1.807, 2.05) is 4.90 Å². The standard InChI is InChI=1S/C15H22N2O2S/c1-20-14-5-3-13(4-6-14)11-16-7-2-8-17(10-9-16)12-15(18)19/h3-6H,2,7-12H2,1H3,(H,18,19). The summed E-state index contributed by atoms with van der Waals surface area (Å²) in [5, 5.41) is 8.85. The molecule has 4 nitrogen and oxygen atoms in total. The zero-order valence-corrected chi connectivity index (χ0v) is 12.7. The van der Waals surface area contributed by atoms with Crippen LogP contribution < -0.4 is 0 Å². The topological polar surface area (TPSA) is 43.8 Å². The highest BCUT2D eigenvalue weighted by Crippen LogP contribution is 2.16. The van der Waals surface area contributed by atoms with E-state index in [4.69, 9.17) is 5.11 Å². The summed E-state index contributed by atoms with van der Waals surface area (Å²) in [6.45, 7) is 4.83. The molecule has 1 heterocycles. The zero-order chi connectivity index (χ0) is 14.4. The zero-order valence-electron chi connectivity index (χ0n) is 11.9. The van der Waals surface area contributed by atoms with Gasteiger partial charge in [-0.1, -0.05) is 12.1 Å². The van der Waals surface area contributed by atoms with Crippen molar-refractivity contribution in [3.05, 3.63) is 29.8 Å². The Kier molecular flexibility index (Phi) is 5.88. The minimum absolute atomic E-state index is 0.163. The van der Waals surface area contributed by atoms with Crippen molar-refractivity contribution in [1.29, 1.82) is 0 Å². The Balaban J connectivity index is 1.85. The van der Waals surface area contributed by atoms with E-state index in [0.29, 0.717) is 0 Å². The molecule has 5 heteroatoms. The minimum atomic E-state index is -0.730. The molecule has 0 spiro atoms. The van der Waals surface area contributed by atoms with Crippen molar-refractivity contribution in [3.63, 3.8) is 0 Å². The van der Waals surface area contributed by atoms with E-state index in [0.717, 1.165) is 39.1 Å². The molecule has 0 atom stereocenters. The summed E-state index contributed by atoms with van der Waals surface area (Å²) in [6.07, 6.45) is 3.12.